The van der Waals surface area contributed by atoms with E-state index >= 15 is 0 Å². The normalized spacial score (nSPS) is 8.83. The second-order valence-electron chi connectivity index (χ2n) is 8.37. The zero-order valence-electron chi connectivity index (χ0n) is 25.8. The number of aromatic nitrogens is 10. The number of fused-ring (bicyclic) bond motifs is 2. The van der Waals surface area contributed by atoms with Gasteiger partial charge in [0.15, 0.2) is 0 Å². The molecule has 10 nitrogen and oxygen atoms in total. The van der Waals surface area contributed by atoms with Crippen LogP contribution in [-0.4, -0.2) is 49.8 Å². The Morgan fingerprint density at radius 2 is 0.646 bits per heavy atom. The highest BCUT2D eigenvalue weighted by Crippen LogP contribution is 2.25. The van der Waals surface area contributed by atoms with Crippen molar-refractivity contribution in [3.8, 4) is 0 Å². The molecule has 0 saturated carbocycles. The van der Waals surface area contributed by atoms with Crippen molar-refractivity contribution in [3.05, 3.63) is 195 Å². The van der Waals surface area contributed by atoms with E-state index in [2.05, 4.69) is 72.7 Å². The van der Waals surface area contributed by atoms with Gasteiger partial charge in [0, 0.05) is 96.2 Å². The van der Waals surface area contributed by atoms with E-state index < -0.39 is 0 Å². The highest BCUT2D eigenvalue weighted by atomic mass is 32.1. The Kier molecular flexibility index (Phi) is 19.6. The van der Waals surface area contributed by atoms with Crippen LogP contribution in [0.5, 0.6) is 0 Å². The molecule has 48 heavy (non-hydrogen) atoms. The van der Waals surface area contributed by atoms with Gasteiger partial charge in [-0.2, -0.15) is 0 Å². The van der Waals surface area contributed by atoms with E-state index in [1.54, 1.807) is 122 Å². The zero-order valence-corrected chi connectivity index (χ0v) is 27.4. The number of hydrogen-bond acceptors (Lipinski definition) is 12. The van der Waals surface area contributed by atoms with E-state index in [0.29, 0.717) is 0 Å². The highest BCUT2D eigenvalue weighted by Gasteiger charge is 1.91. The molecule has 12 heteroatoms. The van der Waals surface area contributed by atoms with Crippen LogP contribution < -0.4 is 0 Å². The summed E-state index contributed by atoms with van der Waals surface area (Å²) in [5.41, 5.74) is 1.90. The maximum absolute atomic E-state index is 4.12. The molecule has 0 aliphatic rings. The van der Waals surface area contributed by atoms with Crippen molar-refractivity contribution in [1.82, 2.24) is 49.8 Å². The molecule has 0 saturated heterocycles. The summed E-state index contributed by atoms with van der Waals surface area (Å²) in [7, 11) is 0. The summed E-state index contributed by atoms with van der Waals surface area (Å²) >= 11 is 3.61. The third kappa shape index (κ3) is 17.9. The SMILES string of the molecule is c1cc2sccc2s1.c1ccc2nccnc2c1.c1ccncc1.c1ccncc1.c1cnccn1.c1cncnc1.c1cncnc1. The van der Waals surface area contributed by atoms with E-state index in [1.807, 2.05) is 60.7 Å². The van der Waals surface area contributed by atoms with Crippen LogP contribution in [0, 0.1) is 0 Å². The highest BCUT2D eigenvalue weighted by molar-refractivity contribution is 7.25. The lowest BCUT2D eigenvalue weighted by Crippen LogP contribution is -1.78. The Labute approximate surface area is 287 Å². The molecule has 0 fully saturated rings. The van der Waals surface area contributed by atoms with Crippen LogP contribution in [-0.2, 0) is 0 Å². The fourth-order valence-electron chi connectivity index (χ4n) is 2.99. The molecule has 1 aromatic carbocycles. The van der Waals surface area contributed by atoms with Crippen LogP contribution in [0.25, 0.3) is 20.4 Å². The monoisotopic (exact) mass is 668 g/mol. The molecule has 9 aromatic rings. The van der Waals surface area contributed by atoms with Gasteiger partial charge < -0.3 is 0 Å². The molecule has 0 aliphatic heterocycles. The second-order valence-corrected chi connectivity index (χ2v) is 10.3. The van der Waals surface area contributed by atoms with Crippen molar-refractivity contribution in [1.29, 1.82) is 0 Å². The average molecular weight is 669 g/mol. The molecule has 0 aliphatic carbocycles. The Morgan fingerprint density at radius 3 is 0.896 bits per heavy atom. The molecule has 8 aromatic heterocycles. The van der Waals surface area contributed by atoms with E-state index in [4.69, 9.17) is 0 Å². The summed E-state index contributed by atoms with van der Waals surface area (Å²) in [6.45, 7) is 0. The number of para-hydroxylation sites is 2. The topological polar surface area (TPSA) is 129 Å². The number of rotatable bonds is 0. The van der Waals surface area contributed by atoms with Crippen molar-refractivity contribution in [3.63, 3.8) is 0 Å². The fourth-order valence-corrected chi connectivity index (χ4v) is 4.82. The quantitative estimate of drug-likeness (QED) is 0.156. The van der Waals surface area contributed by atoms with Crippen molar-refractivity contribution >= 4 is 43.1 Å². The predicted octanol–water partition coefficient (Wildman–Crippen LogP) is 8.19. The van der Waals surface area contributed by atoms with Crippen LogP contribution in [0.1, 0.15) is 0 Å². The van der Waals surface area contributed by atoms with Gasteiger partial charge >= 0.3 is 0 Å². The lowest BCUT2D eigenvalue weighted by Gasteiger charge is -1.90. The van der Waals surface area contributed by atoms with Gasteiger partial charge in [-0.1, -0.05) is 24.3 Å². The Balaban J connectivity index is 0.000000154. The minimum Gasteiger partial charge on any atom is -0.265 e. The maximum atomic E-state index is 4.12. The van der Waals surface area contributed by atoms with Crippen LogP contribution in [0.3, 0.4) is 0 Å². The first-order valence-corrected chi connectivity index (χ1v) is 16.1. The first-order valence-electron chi connectivity index (χ1n) is 14.3. The Hall–Kier alpha value is -6.24. The van der Waals surface area contributed by atoms with E-state index in [1.165, 1.54) is 22.1 Å². The minimum absolute atomic E-state index is 0.949. The predicted molar refractivity (Wildman–Crippen MR) is 194 cm³/mol. The first kappa shape index (κ1) is 36.2. The van der Waals surface area contributed by atoms with Gasteiger partial charge in [-0.25, -0.2) is 19.9 Å². The molecule has 0 amide bonds. The van der Waals surface area contributed by atoms with Gasteiger partial charge in [0.2, 0.25) is 0 Å². The molecule has 8 heterocycles. The van der Waals surface area contributed by atoms with E-state index in [9.17, 15) is 0 Å². The molecule has 0 spiro atoms. The molecule has 238 valence electrons. The van der Waals surface area contributed by atoms with Crippen molar-refractivity contribution in [2.45, 2.75) is 0 Å². The summed E-state index contributed by atoms with van der Waals surface area (Å²) in [4.78, 5) is 37.9. The smallest absolute Gasteiger partial charge is 0.115 e. The number of hydrogen-bond donors (Lipinski definition) is 0. The van der Waals surface area contributed by atoms with Crippen molar-refractivity contribution in [2.24, 2.45) is 0 Å². The van der Waals surface area contributed by atoms with Crippen LogP contribution in [0.2, 0.25) is 0 Å². The molecule has 0 unspecified atom stereocenters. The number of thiophene rings is 2. The van der Waals surface area contributed by atoms with Crippen molar-refractivity contribution in [2.75, 3.05) is 0 Å². The summed E-state index contributed by atoms with van der Waals surface area (Å²) in [5.74, 6) is 0. The van der Waals surface area contributed by atoms with Gasteiger partial charge in [-0.3, -0.25) is 29.9 Å². The molecule has 9 rings (SSSR count). The lowest BCUT2D eigenvalue weighted by atomic mass is 10.3. The standard InChI is InChI=1S/C8H6N2.C6H4S2.2C5H5N.3C4H4N2/c1-2-4-8-7(3-1)9-5-6-10-8;1-3-7-6-2-4-8-5(1)6;2*1-2-4-6-5-3-1;1-2-6-4-3-5-1;2*1-2-5-4-6-3-1/h1-6H;1-4H;2*1-5H;3*1-4H. The van der Waals surface area contributed by atoms with Gasteiger partial charge in [0.1, 0.15) is 12.7 Å². The largest absolute Gasteiger partial charge is 0.265 e. The van der Waals surface area contributed by atoms with Gasteiger partial charge in [-0.05, 0) is 71.4 Å². The Morgan fingerprint density at radius 1 is 0.292 bits per heavy atom. The molecule has 0 radical (unpaired) electrons. The van der Waals surface area contributed by atoms with E-state index in [0.717, 1.165) is 11.0 Å². The maximum Gasteiger partial charge on any atom is 0.115 e. The van der Waals surface area contributed by atoms with Gasteiger partial charge in [-0.15, -0.1) is 22.7 Å². The third-order valence-electron chi connectivity index (χ3n) is 5.01. The minimum atomic E-state index is 0.949. The van der Waals surface area contributed by atoms with Crippen molar-refractivity contribution < 1.29 is 0 Å². The molecule has 0 atom stereocenters. The third-order valence-corrected chi connectivity index (χ3v) is 6.91. The van der Waals surface area contributed by atoms with Crippen LogP contribution in [0.4, 0.5) is 0 Å². The fraction of sp³-hybridized carbons (Fsp3) is 0. The van der Waals surface area contributed by atoms with Gasteiger partial charge in [0.05, 0.1) is 11.0 Å². The first-order chi connectivity index (χ1) is 23.9. The summed E-state index contributed by atoms with van der Waals surface area (Å²) in [6, 6.07) is 27.1. The van der Waals surface area contributed by atoms with Crippen LogP contribution in [0.15, 0.2) is 195 Å². The average Bonchev–Trinajstić information content (AvgIpc) is 3.87. The molecular formula is C36H32N10S2. The summed E-state index contributed by atoms with van der Waals surface area (Å²) in [5, 5.41) is 4.25. The summed E-state index contributed by atoms with van der Waals surface area (Å²) < 4.78 is 2.82. The molecular weight excluding hydrogens is 637 g/mol. The Bertz CT molecular complexity index is 1500. The molecule has 0 N–H and O–H groups in total. The number of benzene rings is 1. The summed E-state index contributed by atoms with van der Waals surface area (Å²) in [6.07, 6.45) is 26.7. The second kappa shape index (κ2) is 26.0. The van der Waals surface area contributed by atoms with E-state index in [-0.39, 0.29) is 0 Å². The number of nitrogens with zero attached hydrogens (tertiary/aromatic N) is 10. The lowest BCUT2D eigenvalue weighted by molar-refractivity contribution is 1.17. The van der Waals surface area contributed by atoms with Crippen LogP contribution >= 0.6 is 22.7 Å². The zero-order chi connectivity index (χ0) is 33.4. The number of pyridine rings is 2. The van der Waals surface area contributed by atoms with Gasteiger partial charge in [0.25, 0.3) is 0 Å². The molecule has 0 bridgehead atoms.